The Kier molecular flexibility index (Phi) is 13.3. The SMILES string of the molecule is CC(C)CC(N)C(=O)NC(CS)C(=O)NC(CCCCN)C(=O)NCC(=O)O. The van der Waals surface area contributed by atoms with E-state index >= 15 is 0 Å². The molecule has 162 valence electrons. The molecule has 0 saturated carbocycles. The maximum Gasteiger partial charge on any atom is 0.322 e. The quantitative estimate of drug-likeness (QED) is 0.134. The fourth-order valence-corrected chi connectivity index (χ4v) is 2.66. The molecule has 3 unspecified atom stereocenters. The Labute approximate surface area is 171 Å². The molecule has 0 spiro atoms. The molecule has 0 aliphatic heterocycles. The monoisotopic (exact) mass is 419 g/mol. The highest BCUT2D eigenvalue weighted by atomic mass is 32.1. The topological polar surface area (TPSA) is 177 Å². The van der Waals surface area contributed by atoms with Crippen LogP contribution >= 0.6 is 12.6 Å². The first-order valence-corrected chi connectivity index (χ1v) is 9.92. The standard InChI is InChI=1S/C17H33N5O5S/c1-10(2)7-11(19)15(25)22-13(9-28)17(27)21-12(5-3-4-6-18)16(26)20-8-14(23)24/h10-13,28H,3-9,18-19H2,1-2H3,(H,20,26)(H,21,27)(H,22,25)(H,23,24). The lowest BCUT2D eigenvalue weighted by molar-refractivity contribution is -0.138. The Morgan fingerprint density at radius 2 is 1.61 bits per heavy atom. The van der Waals surface area contributed by atoms with E-state index in [-0.39, 0.29) is 18.1 Å². The zero-order valence-corrected chi connectivity index (χ0v) is 17.3. The van der Waals surface area contributed by atoms with Crippen LogP contribution in [0.1, 0.15) is 39.5 Å². The van der Waals surface area contributed by atoms with Gasteiger partial charge in [-0.15, -0.1) is 0 Å². The lowest BCUT2D eigenvalue weighted by atomic mass is 10.0. The van der Waals surface area contributed by atoms with Gasteiger partial charge in [-0.25, -0.2) is 0 Å². The van der Waals surface area contributed by atoms with Gasteiger partial charge in [-0.05, 0) is 38.1 Å². The molecule has 8 N–H and O–H groups in total. The van der Waals surface area contributed by atoms with Crippen molar-refractivity contribution < 1.29 is 24.3 Å². The van der Waals surface area contributed by atoms with Crippen molar-refractivity contribution in [1.29, 1.82) is 0 Å². The number of carboxylic acids is 1. The van der Waals surface area contributed by atoms with Gasteiger partial charge in [0.1, 0.15) is 18.6 Å². The smallest absolute Gasteiger partial charge is 0.322 e. The molecule has 28 heavy (non-hydrogen) atoms. The summed E-state index contributed by atoms with van der Waals surface area (Å²) in [5.41, 5.74) is 11.3. The van der Waals surface area contributed by atoms with Gasteiger partial charge < -0.3 is 32.5 Å². The number of thiol groups is 1. The summed E-state index contributed by atoms with van der Waals surface area (Å²) >= 11 is 4.08. The summed E-state index contributed by atoms with van der Waals surface area (Å²) in [6, 6.07) is -2.67. The summed E-state index contributed by atoms with van der Waals surface area (Å²) in [5, 5.41) is 16.0. The number of hydrogen-bond acceptors (Lipinski definition) is 7. The molecule has 11 heteroatoms. The van der Waals surface area contributed by atoms with Crippen molar-refractivity contribution in [3.05, 3.63) is 0 Å². The Morgan fingerprint density at radius 1 is 1.00 bits per heavy atom. The predicted octanol–water partition coefficient (Wildman–Crippen LogP) is -1.41. The lowest BCUT2D eigenvalue weighted by Gasteiger charge is -2.23. The number of nitrogens with two attached hydrogens (primary N) is 2. The summed E-state index contributed by atoms with van der Waals surface area (Å²) in [4.78, 5) is 47.5. The second-order valence-corrected chi connectivity index (χ2v) is 7.30. The molecular formula is C17H33N5O5S. The highest BCUT2D eigenvalue weighted by Crippen LogP contribution is 2.05. The molecule has 3 amide bonds. The van der Waals surface area contributed by atoms with E-state index in [4.69, 9.17) is 16.6 Å². The first-order valence-electron chi connectivity index (χ1n) is 9.29. The summed E-state index contributed by atoms with van der Waals surface area (Å²) in [5.74, 6) is -2.65. The van der Waals surface area contributed by atoms with Crippen molar-refractivity contribution in [3.63, 3.8) is 0 Å². The summed E-state index contributed by atoms with van der Waals surface area (Å²) in [6.45, 7) is 3.73. The number of aliphatic carboxylic acids is 1. The van der Waals surface area contributed by atoms with Gasteiger partial charge in [0.15, 0.2) is 0 Å². The minimum atomic E-state index is -1.19. The highest BCUT2D eigenvalue weighted by molar-refractivity contribution is 7.80. The second-order valence-electron chi connectivity index (χ2n) is 6.94. The van der Waals surface area contributed by atoms with E-state index in [9.17, 15) is 19.2 Å². The van der Waals surface area contributed by atoms with Gasteiger partial charge in [-0.3, -0.25) is 19.2 Å². The van der Waals surface area contributed by atoms with Crippen LogP contribution in [0.3, 0.4) is 0 Å². The number of hydrogen-bond donors (Lipinski definition) is 7. The molecule has 0 fully saturated rings. The molecular weight excluding hydrogens is 386 g/mol. The van der Waals surface area contributed by atoms with Crippen LogP contribution < -0.4 is 27.4 Å². The van der Waals surface area contributed by atoms with E-state index < -0.39 is 48.4 Å². The predicted molar refractivity (Wildman–Crippen MR) is 109 cm³/mol. The average molecular weight is 420 g/mol. The van der Waals surface area contributed by atoms with E-state index in [1.807, 2.05) is 13.8 Å². The van der Waals surface area contributed by atoms with Crippen LogP contribution in [0.4, 0.5) is 0 Å². The molecule has 0 radical (unpaired) electrons. The number of unbranched alkanes of at least 4 members (excludes halogenated alkanes) is 1. The van der Waals surface area contributed by atoms with Crippen molar-refractivity contribution >= 4 is 36.3 Å². The largest absolute Gasteiger partial charge is 0.480 e. The molecule has 0 aromatic rings. The Morgan fingerprint density at radius 3 is 2.11 bits per heavy atom. The number of rotatable bonds is 14. The van der Waals surface area contributed by atoms with E-state index in [2.05, 4.69) is 28.6 Å². The Balaban J connectivity index is 4.94. The number of amides is 3. The first kappa shape index (κ1) is 26.1. The van der Waals surface area contributed by atoms with Crippen molar-refractivity contribution in [2.24, 2.45) is 17.4 Å². The van der Waals surface area contributed by atoms with Crippen LogP contribution in [0.2, 0.25) is 0 Å². The normalized spacial score (nSPS) is 14.1. The van der Waals surface area contributed by atoms with Crippen LogP contribution in [0, 0.1) is 5.92 Å². The molecule has 0 aliphatic carbocycles. The molecule has 0 rings (SSSR count). The van der Waals surface area contributed by atoms with Crippen LogP contribution in [0.5, 0.6) is 0 Å². The van der Waals surface area contributed by atoms with E-state index in [0.717, 1.165) is 0 Å². The maximum atomic E-state index is 12.5. The Hall–Kier alpha value is -1.85. The summed E-state index contributed by atoms with van der Waals surface area (Å²) < 4.78 is 0. The second kappa shape index (κ2) is 14.2. The minimum Gasteiger partial charge on any atom is -0.480 e. The fraction of sp³-hybridized carbons (Fsp3) is 0.765. The van der Waals surface area contributed by atoms with Crippen LogP contribution in [-0.2, 0) is 19.2 Å². The lowest BCUT2D eigenvalue weighted by Crippen LogP contribution is -2.56. The van der Waals surface area contributed by atoms with Crippen molar-refractivity contribution in [1.82, 2.24) is 16.0 Å². The van der Waals surface area contributed by atoms with Crippen molar-refractivity contribution in [3.8, 4) is 0 Å². The average Bonchev–Trinajstić information content (AvgIpc) is 2.62. The third-order valence-electron chi connectivity index (χ3n) is 3.87. The van der Waals surface area contributed by atoms with Crippen LogP contribution in [0.25, 0.3) is 0 Å². The van der Waals surface area contributed by atoms with Gasteiger partial charge in [-0.2, -0.15) is 12.6 Å². The zero-order valence-electron chi connectivity index (χ0n) is 16.4. The molecule has 0 aromatic heterocycles. The van der Waals surface area contributed by atoms with Crippen molar-refractivity contribution in [2.75, 3.05) is 18.8 Å². The maximum absolute atomic E-state index is 12.5. The van der Waals surface area contributed by atoms with Crippen molar-refractivity contribution in [2.45, 2.75) is 57.7 Å². The van der Waals surface area contributed by atoms with Gasteiger partial charge >= 0.3 is 5.97 Å². The number of nitrogens with one attached hydrogen (secondary N) is 3. The molecule has 0 bridgehead atoms. The van der Waals surface area contributed by atoms with E-state index in [0.29, 0.717) is 25.8 Å². The molecule has 10 nitrogen and oxygen atoms in total. The van der Waals surface area contributed by atoms with Gasteiger partial charge in [0.25, 0.3) is 0 Å². The molecule has 0 aromatic carbocycles. The fourth-order valence-electron chi connectivity index (χ4n) is 2.41. The first-order chi connectivity index (χ1) is 13.1. The van der Waals surface area contributed by atoms with Crippen LogP contribution in [0.15, 0.2) is 0 Å². The number of carboxylic acid groups (broad SMARTS) is 1. The van der Waals surface area contributed by atoms with Crippen LogP contribution in [-0.4, -0.2) is 65.8 Å². The summed E-state index contributed by atoms with van der Waals surface area (Å²) in [6.07, 6.45) is 1.97. The third kappa shape index (κ3) is 11.1. The molecule has 3 atom stereocenters. The zero-order chi connectivity index (χ0) is 21.7. The van der Waals surface area contributed by atoms with E-state index in [1.165, 1.54) is 0 Å². The number of carbonyl (C=O) groups excluding carboxylic acids is 3. The van der Waals surface area contributed by atoms with Gasteiger partial charge in [0, 0.05) is 5.75 Å². The van der Waals surface area contributed by atoms with E-state index in [1.54, 1.807) is 0 Å². The highest BCUT2D eigenvalue weighted by Gasteiger charge is 2.27. The van der Waals surface area contributed by atoms with Gasteiger partial charge in [0.2, 0.25) is 17.7 Å². The molecule has 0 heterocycles. The summed E-state index contributed by atoms with van der Waals surface area (Å²) in [7, 11) is 0. The number of carbonyl (C=O) groups is 4. The molecule has 0 aliphatic rings. The minimum absolute atomic E-state index is 0.0121. The van der Waals surface area contributed by atoms with Gasteiger partial charge in [-0.1, -0.05) is 13.8 Å². The van der Waals surface area contributed by atoms with Gasteiger partial charge in [0.05, 0.1) is 6.04 Å². The Bertz CT molecular complexity index is 532. The molecule has 0 saturated heterocycles. The third-order valence-corrected chi connectivity index (χ3v) is 4.24.